The third-order valence-electron chi connectivity index (χ3n) is 3.39. The second-order valence-corrected chi connectivity index (χ2v) is 5.34. The molecule has 0 aliphatic heterocycles. The first kappa shape index (κ1) is 13.8. The highest BCUT2D eigenvalue weighted by Crippen LogP contribution is 2.27. The Labute approximate surface area is 128 Å². The lowest BCUT2D eigenvalue weighted by Crippen LogP contribution is -1.90. The SMILES string of the molecule is Cc1cc(-c2ccc(Cl)cc2)ncc1-c1cccc(F)c1. The van der Waals surface area contributed by atoms with Crippen LogP contribution in [0.3, 0.4) is 0 Å². The van der Waals surface area contributed by atoms with Gasteiger partial charge in [-0.2, -0.15) is 0 Å². The van der Waals surface area contributed by atoms with E-state index >= 15 is 0 Å². The maximum atomic E-state index is 13.3. The minimum Gasteiger partial charge on any atom is -0.256 e. The lowest BCUT2D eigenvalue weighted by Gasteiger charge is -2.08. The van der Waals surface area contributed by atoms with Crippen molar-refractivity contribution in [3.05, 3.63) is 77.2 Å². The molecule has 0 fully saturated rings. The molecule has 1 aromatic heterocycles. The third kappa shape index (κ3) is 2.96. The Kier molecular flexibility index (Phi) is 3.72. The highest BCUT2D eigenvalue weighted by molar-refractivity contribution is 6.30. The van der Waals surface area contributed by atoms with Gasteiger partial charge < -0.3 is 0 Å². The molecule has 0 bridgehead atoms. The van der Waals surface area contributed by atoms with Crippen LogP contribution < -0.4 is 0 Å². The van der Waals surface area contributed by atoms with Crippen molar-refractivity contribution >= 4 is 11.6 Å². The summed E-state index contributed by atoms with van der Waals surface area (Å²) in [7, 11) is 0. The zero-order chi connectivity index (χ0) is 14.8. The van der Waals surface area contributed by atoms with Crippen molar-refractivity contribution in [2.45, 2.75) is 6.92 Å². The van der Waals surface area contributed by atoms with Gasteiger partial charge in [0.25, 0.3) is 0 Å². The summed E-state index contributed by atoms with van der Waals surface area (Å²) in [5.41, 5.74) is 4.72. The second-order valence-electron chi connectivity index (χ2n) is 4.90. The van der Waals surface area contributed by atoms with Crippen molar-refractivity contribution in [2.75, 3.05) is 0 Å². The molecule has 0 saturated carbocycles. The molecule has 0 unspecified atom stereocenters. The van der Waals surface area contributed by atoms with Crippen molar-refractivity contribution in [2.24, 2.45) is 0 Å². The zero-order valence-corrected chi connectivity index (χ0v) is 12.2. The first-order valence-corrected chi connectivity index (χ1v) is 7.00. The number of aromatic nitrogens is 1. The lowest BCUT2D eigenvalue weighted by atomic mass is 10.0. The van der Waals surface area contributed by atoms with Crippen LogP contribution in [0.5, 0.6) is 0 Å². The molecule has 0 aliphatic carbocycles. The summed E-state index contributed by atoms with van der Waals surface area (Å²) < 4.78 is 13.3. The smallest absolute Gasteiger partial charge is 0.123 e. The number of hydrogen-bond donors (Lipinski definition) is 0. The average molecular weight is 298 g/mol. The van der Waals surface area contributed by atoms with Crippen LogP contribution in [0.2, 0.25) is 5.02 Å². The summed E-state index contributed by atoms with van der Waals surface area (Å²) in [4.78, 5) is 4.48. The first-order chi connectivity index (χ1) is 10.1. The molecular formula is C18H13ClFN. The Morgan fingerprint density at radius 1 is 0.952 bits per heavy atom. The van der Waals surface area contributed by atoms with Crippen LogP contribution >= 0.6 is 11.6 Å². The molecule has 1 heterocycles. The summed E-state index contributed by atoms with van der Waals surface area (Å²) in [6.07, 6.45) is 1.79. The van der Waals surface area contributed by atoms with E-state index in [1.165, 1.54) is 12.1 Å². The van der Waals surface area contributed by atoms with Gasteiger partial charge in [0.1, 0.15) is 5.82 Å². The van der Waals surface area contributed by atoms with E-state index in [9.17, 15) is 4.39 Å². The van der Waals surface area contributed by atoms with Crippen LogP contribution in [0.4, 0.5) is 4.39 Å². The molecule has 0 radical (unpaired) electrons. The van der Waals surface area contributed by atoms with Gasteiger partial charge in [-0.05, 0) is 48.4 Å². The number of halogens is 2. The number of aryl methyl sites for hydroxylation is 1. The Morgan fingerprint density at radius 3 is 2.38 bits per heavy atom. The number of pyridine rings is 1. The standard InChI is InChI=1S/C18H13ClFN/c1-12-9-18(13-5-7-15(19)8-6-13)21-11-17(12)14-3-2-4-16(20)10-14/h2-11H,1H3. The maximum Gasteiger partial charge on any atom is 0.123 e. The van der Waals surface area contributed by atoms with E-state index in [0.29, 0.717) is 5.02 Å². The average Bonchev–Trinajstić information content (AvgIpc) is 2.48. The summed E-state index contributed by atoms with van der Waals surface area (Å²) in [5.74, 6) is -0.242. The van der Waals surface area contributed by atoms with Gasteiger partial charge in [0, 0.05) is 22.3 Å². The van der Waals surface area contributed by atoms with Gasteiger partial charge in [-0.3, -0.25) is 4.98 Å². The van der Waals surface area contributed by atoms with Crippen LogP contribution in [0.1, 0.15) is 5.56 Å². The van der Waals surface area contributed by atoms with E-state index < -0.39 is 0 Å². The predicted octanol–water partition coefficient (Wildman–Crippen LogP) is 5.52. The van der Waals surface area contributed by atoms with Gasteiger partial charge >= 0.3 is 0 Å². The van der Waals surface area contributed by atoms with Crippen molar-refractivity contribution < 1.29 is 4.39 Å². The third-order valence-corrected chi connectivity index (χ3v) is 3.64. The topological polar surface area (TPSA) is 12.9 Å². The maximum absolute atomic E-state index is 13.3. The van der Waals surface area contributed by atoms with E-state index in [0.717, 1.165) is 27.9 Å². The number of hydrogen-bond acceptors (Lipinski definition) is 1. The molecule has 0 atom stereocenters. The largest absolute Gasteiger partial charge is 0.256 e. The lowest BCUT2D eigenvalue weighted by molar-refractivity contribution is 0.628. The van der Waals surface area contributed by atoms with E-state index in [1.54, 1.807) is 12.3 Å². The molecule has 0 amide bonds. The van der Waals surface area contributed by atoms with Crippen LogP contribution in [-0.4, -0.2) is 4.98 Å². The summed E-state index contributed by atoms with van der Waals surface area (Å²) >= 11 is 5.89. The summed E-state index contributed by atoms with van der Waals surface area (Å²) in [6.45, 7) is 2.00. The fourth-order valence-electron chi connectivity index (χ4n) is 2.29. The first-order valence-electron chi connectivity index (χ1n) is 6.62. The van der Waals surface area contributed by atoms with Gasteiger partial charge in [0.15, 0.2) is 0 Å². The predicted molar refractivity (Wildman–Crippen MR) is 84.8 cm³/mol. The monoisotopic (exact) mass is 297 g/mol. The van der Waals surface area contributed by atoms with E-state index in [1.807, 2.05) is 43.3 Å². The summed E-state index contributed by atoms with van der Waals surface area (Å²) in [5, 5.41) is 0.701. The minimum absolute atomic E-state index is 0.242. The van der Waals surface area contributed by atoms with Gasteiger partial charge in [0.2, 0.25) is 0 Å². The van der Waals surface area contributed by atoms with E-state index in [-0.39, 0.29) is 5.82 Å². The van der Waals surface area contributed by atoms with Gasteiger partial charge in [-0.15, -0.1) is 0 Å². The highest BCUT2D eigenvalue weighted by atomic mass is 35.5. The summed E-state index contributed by atoms with van der Waals surface area (Å²) in [6, 6.07) is 16.1. The minimum atomic E-state index is -0.242. The van der Waals surface area contributed by atoms with E-state index in [4.69, 9.17) is 11.6 Å². The van der Waals surface area contributed by atoms with Gasteiger partial charge in [-0.25, -0.2) is 4.39 Å². The molecule has 0 aliphatic rings. The van der Waals surface area contributed by atoms with Crippen molar-refractivity contribution in [1.29, 1.82) is 0 Å². The molecule has 3 rings (SSSR count). The molecule has 0 N–H and O–H groups in total. The Bertz CT molecular complexity index is 781. The van der Waals surface area contributed by atoms with Crippen molar-refractivity contribution in [1.82, 2.24) is 4.98 Å². The molecule has 104 valence electrons. The normalized spacial score (nSPS) is 10.6. The molecule has 0 saturated heterocycles. The quantitative estimate of drug-likeness (QED) is 0.607. The molecule has 2 aromatic carbocycles. The zero-order valence-electron chi connectivity index (χ0n) is 11.5. The molecule has 0 spiro atoms. The molecule has 21 heavy (non-hydrogen) atoms. The molecule has 3 heteroatoms. The molecule has 3 aromatic rings. The van der Waals surface area contributed by atoms with Crippen LogP contribution in [0, 0.1) is 12.7 Å². The Balaban J connectivity index is 2.02. The van der Waals surface area contributed by atoms with Gasteiger partial charge in [-0.1, -0.05) is 35.9 Å². The number of rotatable bonds is 2. The number of nitrogens with zero attached hydrogens (tertiary/aromatic N) is 1. The van der Waals surface area contributed by atoms with Crippen LogP contribution in [0.25, 0.3) is 22.4 Å². The van der Waals surface area contributed by atoms with Crippen LogP contribution in [0.15, 0.2) is 60.8 Å². The Hall–Kier alpha value is -2.19. The van der Waals surface area contributed by atoms with E-state index in [2.05, 4.69) is 4.98 Å². The highest BCUT2D eigenvalue weighted by Gasteiger charge is 2.06. The fourth-order valence-corrected chi connectivity index (χ4v) is 2.42. The fraction of sp³-hybridized carbons (Fsp3) is 0.0556. The van der Waals surface area contributed by atoms with Crippen molar-refractivity contribution in [3.8, 4) is 22.4 Å². The van der Waals surface area contributed by atoms with Crippen molar-refractivity contribution in [3.63, 3.8) is 0 Å². The van der Waals surface area contributed by atoms with Crippen LogP contribution in [-0.2, 0) is 0 Å². The molecular weight excluding hydrogens is 285 g/mol. The molecule has 1 nitrogen and oxygen atoms in total. The van der Waals surface area contributed by atoms with Gasteiger partial charge in [0.05, 0.1) is 5.69 Å². The second kappa shape index (κ2) is 5.66. The Morgan fingerprint density at radius 2 is 1.71 bits per heavy atom. The number of benzene rings is 2.